The fourth-order valence-electron chi connectivity index (χ4n) is 2.96. The summed E-state index contributed by atoms with van der Waals surface area (Å²) in [7, 11) is 0. The second-order valence-electron chi connectivity index (χ2n) is 5.84. The van der Waals surface area contributed by atoms with Gasteiger partial charge in [-0.3, -0.25) is 0 Å². The quantitative estimate of drug-likeness (QED) is 0.550. The van der Waals surface area contributed by atoms with Crippen molar-refractivity contribution in [3.8, 4) is 0 Å². The molecule has 0 bridgehead atoms. The van der Waals surface area contributed by atoms with Gasteiger partial charge < -0.3 is 20.8 Å². The number of nitrogen functional groups attached to an aromatic ring is 1. The maximum atomic E-state index is 9.10. The number of carboxylic acid groups (broad SMARTS) is 2. The zero-order valence-corrected chi connectivity index (χ0v) is 14.8. The van der Waals surface area contributed by atoms with Crippen LogP contribution in [0.1, 0.15) is 5.56 Å². The van der Waals surface area contributed by atoms with Crippen LogP contribution in [0.15, 0.2) is 48.5 Å². The molecule has 0 spiro atoms. The Kier molecular flexibility index (Phi) is 5.14. The van der Waals surface area contributed by atoms with Crippen molar-refractivity contribution in [1.29, 1.82) is 0 Å². The molecule has 0 saturated heterocycles. The van der Waals surface area contributed by atoms with Crippen molar-refractivity contribution in [1.82, 2.24) is 4.98 Å². The number of nitrogens with zero attached hydrogens (tertiary/aromatic N) is 2. The van der Waals surface area contributed by atoms with E-state index in [0.717, 1.165) is 51.6 Å². The van der Waals surface area contributed by atoms with Gasteiger partial charge in [0.25, 0.3) is 0 Å². The summed E-state index contributed by atoms with van der Waals surface area (Å²) < 4.78 is 0. The Balaban J connectivity index is 0.000000307. The summed E-state index contributed by atoms with van der Waals surface area (Å²) in [5.74, 6) is -2.70. The van der Waals surface area contributed by atoms with Gasteiger partial charge in [-0.2, -0.15) is 0 Å². The van der Waals surface area contributed by atoms with Gasteiger partial charge in [0.2, 0.25) is 0 Å². The fourth-order valence-corrected chi connectivity index (χ4v) is 3.14. The number of aliphatic carboxylic acids is 2. The molecule has 1 aromatic heterocycles. The summed E-state index contributed by atoms with van der Waals surface area (Å²) in [5, 5.41) is 16.5. The third-order valence-corrected chi connectivity index (χ3v) is 4.39. The van der Waals surface area contributed by atoms with Crippen molar-refractivity contribution in [2.24, 2.45) is 0 Å². The number of nitrogens with two attached hydrogens (primary N) is 1. The summed E-state index contributed by atoms with van der Waals surface area (Å²) >= 11 is 6.10. The zero-order valence-electron chi connectivity index (χ0n) is 14.1. The van der Waals surface area contributed by atoms with Gasteiger partial charge in [0.15, 0.2) is 0 Å². The lowest BCUT2D eigenvalue weighted by molar-refractivity contribution is -0.159. The van der Waals surface area contributed by atoms with Gasteiger partial charge in [-0.1, -0.05) is 35.9 Å². The fraction of sp³-hybridized carbons (Fsp3) is 0.105. The molecule has 138 valence electrons. The largest absolute Gasteiger partial charge is 0.473 e. The van der Waals surface area contributed by atoms with Crippen LogP contribution in [0.2, 0.25) is 5.02 Å². The molecule has 0 fully saturated rings. The summed E-state index contributed by atoms with van der Waals surface area (Å²) in [6.45, 7) is 0.878. The highest BCUT2D eigenvalue weighted by Crippen LogP contribution is 2.39. The lowest BCUT2D eigenvalue weighted by atomic mass is 10.1. The van der Waals surface area contributed by atoms with Crippen molar-refractivity contribution in [2.45, 2.75) is 6.42 Å². The molecule has 0 saturated carbocycles. The van der Waals surface area contributed by atoms with Crippen LogP contribution in [0.25, 0.3) is 10.9 Å². The first-order valence-electron chi connectivity index (χ1n) is 8.05. The van der Waals surface area contributed by atoms with E-state index in [9.17, 15) is 0 Å². The van der Waals surface area contributed by atoms with Crippen LogP contribution in [0.5, 0.6) is 0 Å². The topological polar surface area (TPSA) is 117 Å². The number of aromatic nitrogens is 1. The van der Waals surface area contributed by atoms with Gasteiger partial charge >= 0.3 is 11.9 Å². The molecule has 1 aliphatic heterocycles. The molecule has 0 radical (unpaired) electrons. The molecule has 4 rings (SSSR count). The van der Waals surface area contributed by atoms with Gasteiger partial charge in [-0.05, 0) is 30.7 Å². The smallest absolute Gasteiger partial charge is 0.414 e. The SMILES string of the molecule is Nc1c2c(nc3ccccc13)N(c1cccc(Cl)c1)CC2.O=C(O)C(=O)O. The Bertz CT molecular complexity index is 1030. The summed E-state index contributed by atoms with van der Waals surface area (Å²) in [5.41, 5.74) is 10.3. The van der Waals surface area contributed by atoms with Gasteiger partial charge in [-0.25, -0.2) is 14.6 Å². The standard InChI is InChI=1S/C17H14ClN3.C2H2O4/c18-11-4-3-5-12(10-11)21-9-8-14-16(19)13-6-1-2-7-15(13)20-17(14)21;3-1(4)2(5)6/h1-7,10H,8-9H2,(H2,19,20);(H,3,4)(H,5,6). The number of carbonyl (C=O) groups is 2. The molecular weight excluding hydrogens is 370 g/mol. The Morgan fingerprint density at radius 1 is 1.07 bits per heavy atom. The molecule has 0 atom stereocenters. The molecule has 4 N–H and O–H groups in total. The van der Waals surface area contributed by atoms with E-state index >= 15 is 0 Å². The van der Waals surface area contributed by atoms with Crippen molar-refractivity contribution in [3.05, 3.63) is 59.1 Å². The first-order chi connectivity index (χ1) is 12.9. The van der Waals surface area contributed by atoms with E-state index in [2.05, 4.69) is 4.90 Å². The highest BCUT2D eigenvalue weighted by molar-refractivity contribution is 6.30. The number of hydrogen-bond donors (Lipinski definition) is 3. The van der Waals surface area contributed by atoms with Crippen molar-refractivity contribution in [2.75, 3.05) is 17.2 Å². The highest BCUT2D eigenvalue weighted by atomic mass is 35.5. The molecule has 7 nitrogen and oxygen atoms in total. The van der Waals surface area contributed by atoms with Crippen molar-refractivity contribution < 1.29 is 19.8 Å². The third-order valence-electron chi connectivity index (χ3n) is 4.16. The maximum absolute atomic E-state index is 9.10. The Hall–Kier alpha value is -3.32. The third kappa shape index (κ3) is 3.78. The maximum Gasteiger partial charge on any atom is 0.414 e. The Morgan fingerprint density at radius 3 is 2.44 bits per heavy atom. The monoisotopic (exact) mass is 385 g/mol. The average molecular weight is 386 g/mol. The van der Waals surface area contributed by atoms with Crippen LogP contribution in [0.4, 0.5) is 17.2 Å². The number of rotatable bonds is 1. The molecule has 2 heterocycles. The lowest BCUT2D eigenvalue weighted by Gasteiger charge is -2.19. The number of carboxylic acids is 2. The predicted molar refractivity (Wildman–Crippen MR) is 104 cm³/mol. The van der Waals surface area contributed by atoms with E-state index in [1.165, 1.54) is 0 Å². The number of benzene rings is 2. The number of hydrogen-bond acceptors (Lipinski definition) is 5. The van der Waals surface area contributed by atoms with Crippen LogP contribution < -0.4 is 10.6 Å². The van der Waals surface area contributed by atoms with Crippen LogP contribution in [0, 0.1) is 0 Å². The minimum absolute atomic E-state index is 0.731. The second-order valence-corrected chi connectivity index (χ2v) is 6.27. The molecule has 1 aliphatic rings. The van der Waals surface area contributed by atoms with E-state index in [-0.39, 0.29) is 0 Å². The first-order valence-corrected chi connectivity index (χ1v) is 8.42. The number of pyridine rings is 1. The first kappa shape index (κ1) is 18.5. The molecule has 0 amide bonds. The van der Waals surface area contributed by atoms with E-state index < -0.39 is 11.9 Å². The zero-order chi connectivity index (χ0) is 19.6. The summed E-state index contributed by atoms with van der Waals surface area (Å²) in [4.78, 5) is 25.2. The van der Waals surface area contributed by atoms with E-state index in [0.29, 0.717) is 0 Å². The van der Waals surface area contributed by atoms with E-state index in [1.54, 1.807) is 0 Å². The minimum Gasteiger partial charge on any atom is -0.473 e. The number of anilines is 3. The second kappa shape index (κ2) is 7.51. The van der Waals surface area contributed by atoms with Gasteiger partial charge in [0.05, 0.1) is 5.52 Å². The number of para-hydroxylation sites is 1. The Labute approximate surface area is 159 Å². The van der Waals surface area contributed by atoms with Gasteiger partial charge in [0.1, 0.15) is 5.82 Å². The van der Waals surface area contributed by atoms with Crippen LogP contribution >= 0.6 is 11.6 Å². The van der Waals surface area contributed by atoms with Gasteiger partial charge in [-0.15, -0.1) is 0 Å². The molecule has 2 aromatic carbocycles. The van der Waals surface area contributed by atoms with Crippen LogP contribution in [-0.2, 0) is 16.0 Å². The Morgan fingerprint density at radius 2 is 1.78 bits per heavy atom. The molecule has 0 aliphatic carbocycles. The molecular formula is C19H16ClN3O4. The summed E-state index contributed by atoms with van der Waals surface area (Å²) in [6.07, 6.45) is 0.908. The predicted octanol–water partition coefficient (Wildman–Crippen LogP) is 3.32. The molecule has 3 aromatic rings. The van der Waals surface area contributed by atoms with E-state index in [1.807, 2.05) is 48.5 Å². The molecule has 0 unspecified atom stereocenters. The average Bonchev–Trinajstić information content (AvgIpc) is 3.06. The van der Waals surface area contributed by atoms with E-state index in [4.69, 9.17) is 42.1 Å². The molecule has 8 heteroatoms. The van der Waals surface area contributed by atoms with Crippen molar-refractivity contribution >= 4 is 51.6 Å². The number of halogens is 1. The summed E-state index contributed by atoms with van der Waals surface area (Å²) in [6, 6.07) is 15.9. The highest BCUT2D eigenvalue weighted by Gasteiger charge is 2.25. The van der Waals surface area contributed by atoms with Crippen LogP contribution in [0.3, 0.4) is 0 Å². The van der Waals surface area contributed by atoms with Gasteiger partial charge in [0, 0.05) is 33.9 Å². The van der Waals surface area contributed by atoms with Crippen LogP contribution in [-0.4, -0.2) is 33.7 Å². The number of fused-ring (bicyclic) bond motifs is 2. The minimum atomic E-state index is -1.82. The lowest BCUT2D eigenvalue weighted by Crippen LogP contribution is -2.14. The molecule has 27 heavy (non-hydrogen) atoms. The normalized spacial score (nSPS) is 12.3. The van der Waals surface area contributed by atoms with Crippen molar-refractivity contribution in [3.63, 3.8) is 0 Å².